The maximum Gasteiger partial charge on any atom is 0.182 e. The van der Waals surface area contributed by atoms with Crippen molar-refractivity contribution in [1.29, 1.82) is 0 Å². The minimum atomic E-state index is 0.191. The predicted molar refractivity (Wildman–Crippen MR) is 117 cm³/mol. The van der Waals surface area contributed by atoms with Crippen LogP contribution in [0.2, 0.25) is 0 Å². The number of pyridine rings is 1. The number of nitrogens with zero attached hydrogens (tertiary/aromatic N) is 4. The fourth-order valence-corrected chi connectivity index (χ4v) is 4.87. The van der Waals surface area contributed by atoms with E-state index < -0.39 is 0 Å². The SMILES string of the molecule is CNc1ncc(CN2CC(Oc3cnc(N4CCOC(C)C4)cc3C)CC2C)s1. The Labute approximate surface area is 177 Å². The second kappa shape index (κ2) is 8.85. The number of likely N-dealkylation sites (tertiary alicyclic amines) is 1. The molecule has 2 saturated heterocycles. The van der Waals surface area contributed by atoms with Gasteiger partial charge >= 0.3 is 0 Å². The van der Waals surface area contributed by atoms with E-state index in [0.29, 0.717) is 6.04 Å². The second-order valence-electron chi connectivity index (χ2n) is 8.07. The average Bonchev–Trinajstić information content (AvgIpc) is 3.30. The van der Waals surface area contributed by atoms with Crippen LogP contribution in [0.4, 0.5) is 10.9 Å². The lowest BCUT2D eigenvalue weighted by molar-refractivity contribution is 0.0529. The van der Waals surface area contributed by atoms with Crippen LogP contribution in [0.15, 0.2) is 18.5 Å². The molecule has 0 spiro atoms. The largest absolute Gasteiger partial charge is 0.487 e. The van der Waals surface area contributed by atoms with Crippen molar-refractivity contribution in [1.82, 2.24) is 14.9 Å². The van der Waals surface area contributed by atoms with Gasteiger partial charge in [-0.25, -0.2) is 9.97 Å². The van der Waals surface area contributed by atoms with E-state index in [-0.39, 0.29) is 12.2 Å². The Morgan fingerprint density at radius 1 is 1.28 bits per heavy atom. The van der Waals surface area contributed by atoms with Gasteiger partial charge in [-0.2, -0.15) is 0 Å². The van der Waals surface area contributed by atoms with Crippen LogP contribution in [0.3, 0.4) is 0 Å². The van der Waals surface area contributed by atoms with E-state index >= 15 is 0 Å². The molecule has 0 aliphatic carbocycles. The van der Waals surface area contributed by atoms with Crippen LogP contribution >= 0.6 is 11.3 Å². The Kier molecular flexibility index (Phi) is 6.22. The van der Waals surface area contributed by atoms with Crippen LogP contribution in [-0.4, -0.2) is 66.4 Å². The van der Waals surface area contributed by atoms with Gasteiger partial charge in [-0.15, -0.1) is 11.3 Å². The first-order valence-electron chi connectivity index (χ1n) is 10.4. The van der Waals surface area contributed by atoms with Crippen LogP contribution in [0.5, 0.6) is 5.75 Å². The lowest BCUT2D eigenvalue weighted by Crippen LogP contribution is -2.41. The Morgan fingerprint density at radius 3 is 2.86 bits per heavy atom. The number of anilines is 2. The fourth-order valence-electron chi connectivity index (χ4n) is 4.08. The zero-order valence-corrected chi connectivity index (χ0v) is 18.5. The average molecular weight is 418 g/mol. The van der Waals surface area contributed by atoms with E-state index in [1.165, 1.54) is 4.88 Å². The van der Waals surface area contributed by atoms with Gasteiger partial charge in [0.25, 0.3) is 0 Å². The van der Waals surface area contributed by atoms with Crippen LogP contribution in [0.1, 0.15) is 30.7 Å². The van der Waals surface area contributed by atoms with Crippen LogP contribution in [0.25, 0.3) is 0 Å². The predicted octanol–water partition coefficient (Wildman–Crippen LogP) is 3.16. The molecule has 4 heterocycles. The van der Waals surface area contributed by atoms with E-state index in [9.17, 15) is 0 Å². The molecule has 0 amide bonds. The molecule has 2 aromatic heterocycles. The Hall–Kier alpha value is -1.90. The van der Waals surface area contributed by atoms with Gasteiger partial charge in [-0.1, -0.05) is 0 Å². The van der Waals surface area contributed by atoms with Gasteiger partial charge in [0.05, 0.1) is 18.9 Å². The highest BCUT2D eigenvalue weighted by Crippen LogP contribution is 2.29. The van der Waals surface area contributed by atoms with Crippen molar-refractivity contribution in [2.24, 2.45) is 0 Å². The smallest absolute Gasteiger partial charge is 0.182 e. The summed E-state index contributed by atoms with van der Waals surface area (Å²) in [6.45, 7) is 10.9. The summed E-state index contributed by atoms with van der Waals surface area (Å²) in [5.41, 5.74) is 1.14. The lowest BCUT2D eigenvalue weighted by atomic mass is 10.2. The molecule has 8 heteroatoms. The van der Waals surface area contributed by atoms with Crippen molar-refractivity contribution in [2.75, 3.05) is 43.5 Å². The van der Waals surface area contributed by atoms with Crippen molar-refractivity contribution >= 4 is 22.3 Å². The minimum absolute atomic E-state index is 0.191. The van der Waals surface area contributed by atoms with E-state index in [4.69, 9.17) is 9.47 Å². The molecular formula is C21H31N5O2S. The molecule has 2 aliphatic heterocycles. The molecule has 2 aromatic rings. The normalized spacial score (nSPS) is 25.4. The molecule has 4 rings (SSSR count). The van der Waals surface area contributed by atoms with E-state index in [2.05, 4.69) is 51.9 Å². The van der Waals surface area contributed by atoms with Gasteiger partial charge in [-0.3, -0.25) is 4.90 Å². The fraction of sp³-hybridized carbons (Fsp3) is 0.619. The number of thiazole rings is 1. The third kappa shape index (κ3) is 4.82. The molecule has 0 saturated carbocycles. The van der Waals surface area contributed by atoms with Crippen LogP contribution in [-0.2, 0) is 11.3 Å². The van der Waals surface area contributed by atoms with E-state index in [1.54, 1.807) is 11.3 Å². The highest BCUT2D eigenvalue weighted by Gasteiger charge is 2.31. The van der Waals surface area contributed by atoms with Gasteiger partial charge in [0.15, 0.2) is 5.13 Å². The molecule has 2 aliphatic rings. The van der Waals surface area contributed by atoms with Gasteiger partial charge in [0, 0.05) is 56.8 Å². The van der Waals surface area contributed by atoms with Crippen molar-refractivity contribution in [3.63, 3.8) is 0 Å². The first-order valence-corrected chi connectivity index (χ1v) is 11.2. The summed E-state index contributed by atoms with van der Waals surface area (Å²) < 4.78 is 12.0. The summed E-state index contributed by atoms with van der Waals surface area (Å²) in [5.74, 6) is 1.90. The monoisotopic (exact) mass is 417 g/mol. The van der Waals surface area contributed by atoms with Crippen molar-refractivity contribution in [3.8, 4) is 5.75 Å². The third-order valence-electron chi connectivity index (χ3n) is 5.70. The van der Waals surface area contributed by atoms with Crippen LogP contribution in [0, 0.1) is 6.92 Å². The highest BCUT2D eigenvalue weighted by atomic mass is 32.1. The summed E-state index contributed by atoms with van der Waals surface area (Å²) in [7, 11) is 1.91. The number of ether oxygens (including phenoxy) is 2. The van der Waals surface area contributed by atoms with Gasteiger partial charge in [0.1, 0.15) is 17.7 Å². The minimum Gasteiger partial charge on any atom is -0.487 e. The number of hydrogen-bond acceptors (Lipinski definition) is 8. The molecule has 1 N–H and O–H groups in total. The molecule has 2 fully saturated rings. The third-order valence-corrected chi connectivity index (χ3v) is 6.70. The summed E-state index contributed by atoms with van der Waals surface area (Å²) in [6.07, 6.45) is 5.32. The molecule has 0 radical (unpaired) electrons. The topological polar surface area (TPSA) is 62.8 Å². The Bertz CT molecular complexity index is 829. The standard InChI is InChI=1S/C21H31N5O2S/c1-14-7-20(25-5-6-27-16(3)11-25)23-10-19(14)28-17-8-15(2)26(12-17)13-18-9-24-21(22-4)29-18/h7,9-10,15-17H,5-6,8,11-13H2,1-4H3,(H,22,24). The second-order valence-corrected chi connectivity index (χ2v) is 9.19. The quantitative estimate of drug-likeness (QED) is 0.775. The van der Waals surface area contributed by atoms with Crippen molar-refractivity contribution < 1.29 is 9.47 Å². The molecule has 0 bridgehead atoms. The molecular weight excluding hydrogens is 386 g/mol. The van der Waals surface area contributed by atoms with Gasteiger partial charge < -0.3 is 19.7 Å². The zero-order valence-electron chi connectivity index (χ0n) is 17.7. The first kappa shape index (κ1) is 20.4. The summed E-state index contributed by atoms with van der Waals surface area (Å²) in [4.78, 5) is 15.1. The van der Waals surface area contributed by atoms with Crippen molar-refractivity contribution in [3.05, 3.63) is 28.9 Å². The first-order chi connectivity index (χ1) is 14.0. The van der Waals surface area contributed by atoms with Gasteiger partial charge in [-0.05, 0) is 32.4 Å². The molecule has 29 heavy (non-hydrogen) atoms. The molecule has 7 nitrogen and oxygen atoms in total. The van der Waals surface area contributed by atoms with Crippen LogP contribution < -0.4 is 15.0 Å². The van der Waals surface area contributed by atoms with E-state index in [0.717, 1.165) is 61.5 Å². The number of aryl methyl sites for hydroxylation is 1. The maximum atomic E-state index is 6.36. The summed E-state index contributed by atoms with van der Waals surface area (Å²) >= 11 is 1.72. The maximum absolute atomic E-state index is 6.36. The molecule has 3 atom stereocenters. The van der Waals surface area contributed by atoms with Crippen molar-refractivity contribution in [2.45, 2.75) is 52.0 Å². The summed E-state index contributed by atoms with van der Waals surface area (Å²) in [5, 5.41) is 4.08. The zero-order chi connectivity index (χ0) is 20.4. The Balaban J connectivity index is 1.36. The Morgan fingerprint density at radius 2 is 2.14 bits per heavy atom. The van der Waals surface area contributed by atoms with Gasteiger partial charge in [0.2, 0.25) is 0 Å². The number of hydrogen-bond donors (Lipinski definition) is 1. The highest BCUT2D eigenvalue weighted by molar-refractivity contribution is 7.15. The summed E-state index contributed by atoms with van der Waals surface area (Å²) in [6, 6.07) is 2.63. The number of morpholine rings is 1. The lowest BCUT2D eigenvalue weighted by Gasteiger charge is -2.32. The molecule has 3 unspecified atom stereocenters. The number of aromatic nitrogens is 2. The number of nitrogens with one attached hydrogen (secondary N) is 1. The molecule has 158 valence electrons. The van der Waals surface area contributed by atoms with E-state index in [1.807, 2.05) is 19.4 Å². The number of rotatable bonds is 6. The molecule has 0 aromatic carbocycles.